The molecule has 0 atom stereocenters. The fourth-order valence-electron chi connectivity index (χ4n) is 4.06. The summed E-state index contributed by atoms with van der Waals surface area (Å²) in [6.45, 7) is -0.103. The van der Waals surface area contributed by atoms with E-state index in [0.29, 0.717) is 36.6 Å². The van der Waals surface area contributed by atoms with Gasteiger partial charge in [-0.2, -0.15) is 36.3 Å². The molecule has 0 saturated heterocycles. The van der Waals surface area contributed by atoms with Gasteiger partial charge in [0.1, 0.15) is 5.75 Å². The molecule has 0 unspecified atom stereocenters. The molecular formula is C29H28ClF6N3O3. The van der Waals surface area contributed by atoms with Crippen LogP contribution in [-0.4, -0.2) is 43.7 Å². The molecule has 2 aromatic carbocycles. The van der Waals surface area contributed by atoms with Crippen LogP contribution in [0.1, 0.15) is 49.3 Å². The van der Waals surface area contributed by atoms with E-state index in [4.69, 9.17) is 21.1 Å². The number of carbonyl (C=O) groups is 1. The molecule has 2 aromatic rings. The maximum atomic E-state index is 13.2. The van der Waals surface area contributed by atoms with E-state index < -0.39 is 30.2 Å². The largest absolute Gasteiger partial charge is 0.493 e. The molecular weight excluding hydrogens is 588 g/mol. The van der Waals surface area contributed by atoms with Crippen molar-refractivity contribution in [3.63, 3.8) is 0 Å². The highest BCUT2D eigenvalue weighted by molar-refractivity contribution is 6.32. The Morgan fingerprint density at radius 2 is 1.69 bits per heavy atom. The number of aliphatic imine (C=N–C) groups is 2. The second-order valence-corrected chi connectivity index (χ2v) is 10.6. The topological polar surface area (TPSA) is 72.3 Å². The molecule has 6 nitrogen and oxygen atoms in total. The molecule has 0 radical (unpaired) electrons. The van der Waals surface area contributed by atoms with Gasteiger partial charge in [0.2, 0.25) is 11.3 Å². The van der Waals surface area contributed by atoms with Crippen LogP contribution in [0.2, 0.25) is 5.02 Å². The smallest absolute Gasteiger partial charge is 0.411 e. The molecule has 226 valence electrons. The van der Waals surface area contributed by atoms with Gasteiger partial charge in [0.25, 0.3) is 0 Å². The average molecular weight is 616 g/mol. The number of amidine groups is 1. The molecule has 1 fully saturated rings. The lowest BCUT2D eigenvalue weighted by Crippen LogP contribution is -2.57. The number of ether oxygens (including phenoxy) is 2. The molecule has 1 saturated carbocycles. The van der Waals surface area contributed by atoms with Crippen LogP contribution in [0.3, 0.4) is 0 Å². The molecule has 13 heteroatoms. The van der Waals surface area contributed by atoms with Crippen molar-refractivity contribution in [2.75, 3.05) is 13.7 Å². The number of benzene rings is 2. The highest BCUT2D eigenvalue weighted by Crippen LogP contribution is 2.50. The average Bonchev–Trinajstić information content (AvgIpc) is 3.75. The minimum Gasteiger partial charge on any atom is -0.493 e. The van der Waals surface area contributed by atoms with Crippen molar-refractivity contribution in [2.45, 2.75) is 51.5 Å². The van der Waals surface area contributed by atoms with Crippen molar-refractivity contribution in [1.29, 1.82) is 0 Å². The summed E-state index contributed by atoms with van der Waals surface area (Å²) in [5, 5.41) is 1.98. The fourth-order valence-corrected chi connectivity index (χ4v) is 4.27. The molecule has 1 aliphatic heterocycles. The Morgan fingerprint density at radius 3 is 2.29 bits per heavy atom. The van der Waals surface area contributed by atoms with Crippen LogP contribution >= 0.6 is 11.6 Å². The number of nitrogens with zero attached hydrogens (tertiary/aromatic N) is 2. The quantitative estimate of drug-likeness (QED) is 0.313. The van der Waals surface area contributed by atoms with Crippen LogP contribution in [0, 0.1) is 11.3 Å². The molecule has 4 rings (SSSR count). The highest BCUT2D eigenvalue weighted by atomic mass is 35.5. The maximum absolute atomic E-state index is 13.2. The van der Waals surface area contributed by atoms with Crippen molar-refractivity contribution >= 4 is 34.9 Å². The van der Waals surface area contributed by atoms with Crippen molar-refractivity contribution < 1.29 is 40.6 Å². The summed E-state index contributed by atoms with van der Waals surface area (Å²) in [6.07, 6.45) is -6.54. The molecule has 2 aliphatic rings. The van der Waals surface area contributed by atoms with Crippen LogP contribution in [0.25, 0.3) is 5.70 Å². The molecule has 0 bridgehead atoms. The van der Waals surface area contributed by atoms with E-state index >= 15 is 0 Å². The zero-order valence-electron chi connectivity index (χ0n) is 22.7. The number of hydrogen-bond acceptors (Lipinski definition) is 5. The van der Waals surface area contributed by atoms with E-state index in [1.54, 1.807) is 11.4 Å². The Labute approximate surface area is 243 Å². The standard InChI is InChI=1S/C29H28ClF6N3O3/c1-27(28(31,32)33,29(34,35)36)25(40)37-15-18-8-13-22(30)21(14-18)24-5-3-4-23(38-26(39-24)41-2)19-9-11-20(12-10-19)42-16-17-6-7-17/h5,8-14,17H,3-4,6-7,15-16H2,1-2H3,(H,37,40). The first-order valence-corrected chi connectivity index (χ1v) is 13.4. The Morgan fingerprint density at radius 1 is 1.02 bits per heavy atom. The van der Waals surface area contributed by atoms with Crippen molar-refractivity contribution in [3.8, 4) is 5.75 Å². The van der Waals surface area contributed by atoms with E-state index in [1.165, 1.54) is 38.2 Å². The van der Waals surface area contributed by atoms with Crippen molar-refractivity contribution in [3.05, 3.63) is 70.3 Å². The predicted octanol–water partition coefficient (Wildman–Crippen LogP) is 7.50. The van der Waals surface area contributed by atoms with Gasteiger partial charge in [-0.3, -0.25) is 4.79 Å². The number of alkyl halides is 6. The maximum Gasteiger partial charge on any atom is 0.411 e. The Balaban J connectivity index is 1.52. The number of carbonyl (C=O) groups excluding carboxylic acids is 1. The van der Waals surface area contributed by atoms with Gasteiger partial charge in [-0.15, -0.1) is 0 Å². The number of nitrogens with one attached hydrogen (secondary N) is 1. The summed E-state index contributed by atoms with van der Waals surface area (Å²) >= 11 is 6.37. The van der Waals surface area contributed by atoms with Gasteiger partial charge in [0, 0.05) is 17.1 Å². The highest BCUT2D eigenvalue weighted by Gasteiger charge is 2.72. The monoisotopic (exact) mass is 615 g/mol. The number of allylic oxidation sites excluding steroid dienone is 1. The fraction of sp³-hybridized carbons (Fsp3) is 0.414. The first-order chi connectivity index (χ1) is 19.7. The van der Waals surface area contributed by atoms with Gasteiger partial charge in [0.05, 0.1) is 25.1 Å². The molecule has 1 aliphatic carbocycles. The molecule has 0 aromatic heterocycles. The zero-order chi connectivity index (χ0) is 30.7. The Hall–Kier alpha value is -3.54. The van der Waals surface area contributed by atoms with Gasteiger partial charge >= 0.3 is 18.4 Å². The van der Waals surface area contributed by atoms with E-state index in [1.807, 2.05) is 24.3 Å². The van der Waals surface area contributed by atoms with E-state index in [-0.39, 0.29) is 23.5 Å². The first-order valence-electron chi connectivity index (χ1n) is 13.1. The summed E-state index contributed by atoms with van der Waals surface area (Å²) in [6, 6.07) is 11.8. The Kier molecular flexibility index (Phi) is 9.24. The minimum absolute atomic E-state index is 0.0194. The molecule has 1 N–H and O–H groups in total. The van der Waals surface area contributed by atoms with Crippen molar-refractivity contribution in [1.82, 2.24) is 5.32 Å². The molecule has 1 amide bonds. The number of hydrogen-bond donors (Lipinski definition) is 1. The first kappa shape index (κ1) is 31.4. The second-order valence-electron chi connectivity index (χ2n) is 10.2. The van der Waals surface area contributed by atoms with Gasteiger partial charge in [-0.05, 0) is 86.1 Å². The third-order valence-electron chi connectivity index (χ3n) is 7.07. The van der Waals surface area contributed by atoms with Gasteiger partial charge in [-0.25, -0.2) is 0 Å². The SMILES string of the molecule is COC1=NC(c2cc(CNC(=O)C(C)(C(F)(F)F)C(F)(F)F)ccc2Cl)=CCCC(c2ccc(OCC3CC3)cc2)=N1. The summed E-state index contributed by atoms with van der Waals surface area (Å²) in [4.78, 5) is 21.1. The van der Waals surface area contributed by atoms with E-state index in [0.717, 1.165) is 17.0 Å². The summed E-state index contributed by atoms with van der Waals surface area (Å²) in [5.41, 5.74) is -2.11. The van der Waals surface area contributed by atoms with Crippen LogP contribution < -0.4 is 10.1 Å². The lowest BCUT2D eigenvalue weighted by molar-refractivity contribution is -0.319. The number of methoxy groups -OCH3 is 1. The molecule has 1 heterocycles. The lowest BCUT2D eigenvalue weighted by Gasteiger charge is -2.32. The summed E-state index contributed by atoms with van der Waals surface area (Å²) < 4.78 is 90.6. The molecule has 0 spiro atoms. The van der Waals surface area contributed by atoms with E-state index in [9.17, 15) is 31.1 Å². The van der Waals surface area contributed by atoms with Crippen LogP contribution in [0.5, 0.6) is 5.75 Å². The van der Waals surface area contributed by atoms with Crippen molar-refractivity contribution in [2.24, 2.45) is 21.3 Å². The second kappa shape index (κ2) is 12.4. The normalized spacial score (nSPS) is 16.5. The Bertz CT molecular complexity index is 1380. The third-order valence-corrected chi connectivity index (χ3v) is 7.40. The van der Waals surface area contributed by atoms with Gasteiger partial charge < -0.3 is 14.8 Å². The molecule has 42 heavy (non-hydrogen) atoms. The number of amides is 1. The number of halogens is 7. The summed E-state index contributed by atoms with van der Waals surface area (Å²) in [7, 11) is 1.39. The number of rotatable bonds is 8. The third kappa shape index (κ3) is 7.08. The van der Waals surface area contributed by atoms with Gasteiger partial charge in [0.15, 0.2) is 0 Å². The minimum atomic E-state index is -5.85. The van der Waals surface area contributed by atoms with Crippen LogP contribution in [-0.2, 0) is 16.1 Å². The summed E-state index contributed by atoms with van der Waals surface area (Å²) in [5.74, 6) is -0.811. The lowest BCUT2D eigenvalue weighted by atomic mass is 9.87. The zero-order valence-corrected chi connectivity index (χ0v) is 23.5. The van der Waals surface area contributed by atoms with Crippen LogP contribution in [0.4, 0.5) is 26.3 Å². The van der Waals surface area contributed by atoms with E-state index in [2.05, 4.69) is 9.98 Å². The van der Waals surface area contributed by atoms with Crippen LogP contribution in [0.15, 0.2) is 58.5 Å². The predicted molar refractivity (Wildman–Crippen MR) is 146 cm³/mol. The van der Waals surface area contributed by atoms with Gasteiger partial charge in [-0.1, -0.05) is 23.7 Å².